The minimum absolute atomic E-state index is 0.0126. The molecule has 0 aromatic heterocycles. The highest BCUT2D eigenvalue weighted by molar-refractivity contribution is 6.36. The molecule has 3 aliphatic carbocycles. The summed E-state index contributed by atoms with van der Waals surface area (Å²) in [5.41, 5.74) is 4.31. The van der Waals surface area contributed by atoms with E-state index in [-0.39, 0.29) is 28.0 Å². The molecular formula is C34H24Cl2N2O5. The molecule has 2 bridgehead atoms. The summed E-state index contributed by atoms with van der Waals surface area (Å²) in [4.78, 5) is 56.5. The van der Waals surface area contributed by atoms with Crippen molar-refractivity contribution in [1.29, 1.82) is 0 Å². The van der Waals surface area contributed by atoms with Crippen LogP contribution in [0.3, 0.4) is 0 Å². The van der Waals surface area contributed by atoms with Crippen LogP contribution in [0.4, 0.5) is 0 Å². The fourth-order valence-electron chi connectivity index (χ4n) is 6.94. The van der Waals surface area contributed by atoms with Gasteiger partial charge in [-0.1, -0.05) is 71.7 Å². The summed E-state index contributed by atoms with van der Waals surface area (Å²) in [5.74, 6) is -3.89. The Morgan fingerprint density at radius 2 is 1.28 bits per heavy atom. The predicted molar refractivity (Wildman–Crippen MR) is 160 cm³/mol. The van der Waals surface area contributed by atoms with Gasteiger partial charge in [-0.3, -0.25) is 19.2 Å². The van der Waals surface area contributed by atoms with Gasteiger partial charge >= 0.3 is 0 Å². The van der Waals surface area contributed by atoms with Gasteiger partial charge in [0.25, 0.3) is 17.7 Å². The lowest BCUT2D eigenvalue weighted by molar-refractivity contribution is -0.154. The van der Waals surface area contributed by atoms with Gasteiger partial charge in [-0.2, -0.15) is 5.01 Å². The first-order chi connectivity index (χ1) is 20.8. The number of hydrogen-bond donors (Lipinski definition) is 0. The van der Waals surface area contributed by atoms with E-state index in [4.69, 9.17) is 27.9 Å². The van der Waals surface area contributed by atoms with Crippen molar-refractivity contribution >= 4 is 46.7 Å². The maximum atomic E-state index is 14.4. The van der Waals surface area contributed by atoms with E-state index in [0.717, 1.165) is 32.3 Å². The van der Waals surface area contributed by atoms with Gasteiger partial charge in [-0.15, -0.1) is 0 Å². The molecule has 4 aromatic carbocycles. The first-order valence-electron chi connectivity index (χ1n) is 13.8. The number of hydrogen-bond acceptors (Lipinski definition) is 5. The zero-order valence-electron chi connectivity index (χ0n) is 22.9. The SMILES string of the molecule is COc1ccc(C(=O)CN(C(=O)c2ccc(Cl)cc2Cl)N2C(=O)[C@@H]3C4c5ccccc5C(c5ccccc54)[C@@H]3C2=O)cc1. The summed E-state index contributed by atoms with van der Waals surface area (Å²) in [6.45, 7) is -0.559. The molecule has 2 atom stereocenters. The molecule has 214 valence electrons. The maximum Gasteiger partial charge on any atom is 0.274 e. The summed E-state index contributed by atoms with van der Waals surface area (Å²) in [6, 6.07) is 26.5. The number of rotatable bonds is 6. The van der Waals surface area contributed by atoms with E-state index in [9.17, 15) is 19.2 Å². The van der Waals surface area contributed by atoms with E-state index >= 15 is 0 Å². The molecule has 0 radical (unpaired) electrons. The van der Waals surface area contributed by atoms with Gasteiger partial charge in [0.2, 0.25) is 0 Å². The van der Waals surface area contributed by atoms with Crippen LogP contribution in [0.5, 0.6) is 5.75 Å². The molecule has 1 aliphatic heterocycles. The van der Waals surface area contributed by atoms with Crippen LogP contribution >= 0.6 is 23.2 Å². The average molecular weight is 611 g/mol. The number of methoxy groups -OCH3 is 1. The van der Waals surface area contributed by atoms with E-state index in [2.05, 4.69) is 0 Å². The summed E-state index contributed by atoms with van der Waals surface area (Å²) in [5, 5.41) is 2.19. The molecule has 0 saturated carbocycles. The topological polar surface area (TPSA) is 84.0 Å². The number of halogens is 2. The third-order valence-electron chi connectivity index (χ3n) is 8.77. The van der Waals surface area contributed by atoms with Gasteiger partial charge in [-0.25, -0.2) is 5.01 Å². The highest BCUT2D eigenvalue weighted by Crippen LogP contribution is 2.61. The molecule has 3 amide bonds. The number of carbonyl (C=O) groups excluding carboxylic acids is 4. The highest BCUT2D eigenvalue weighted by Gasteiger charge is 2.63. The van der Waals surface area contributed by atoms with E-state index in [1.807, 2.05) is 48.5 Å². The normalized spacial score (nSPS) is 21.2. The Balaban J connectivity index is 1.33. The number of carbonyl (C=O) groups is 4. The lowest BCUT2D eigenvalue weighted by atomic mass is 9.55. The minimum atomic E-state index is -0.758. The summed E-state index contributed by atoms with van der Waals surface area (Å²) in [6.07, 6.45) is 0. The molecule has 1 fully saturated rings. The molecule has 0 unspecified atom stereocenters. The van der Waals surface area contributed by atoms with Crippen LogP contribution in [-0.4, -0.2) is 47.2 Å². The standard InChI is InChI=1S/C34H24Cl2N2O5/c1-43-20-13-10-18(11-14-20)27(39)17-37(32(40)25-15-12-19(35)16-26(25)36)38-33(41)30-28-21-6-2-3-7-22(21)29(31(30)34(38)42)24-9-5-4-8-23(24)28/h2-16,28-31H,17H2,1H3/t28?,29?,30-,31+. The van der Waals surface area contributed by atoms with Crippen LogP contribution in [-0.2, 0) is 9.59 Å². The number of Topliss-reactive ketones (excluding diaryl/α,β-unsaturated/α-hetero) is 1. The van der Waals surface area contributed by atoms with Crippen LogP contribution in [0.2, 0.25) is 10.0 Å². The fraction of sp³-hybridized carbons (Fsp3) is 0.176. The van der Waals surface area contributed by atoms with E-state index in [1.54, 1.807) is 24.3 Å². The van der Waals surface area contributed by atoms with Crippen LogP contribution in [0.15, 0.2) is 91.0 Å². The first kappa shape index (κ1) is 27.4. The number of imide groups is 1. The largest absolute Gasteiger partial charge is 0.497 e. The molecule has 43 heavy (non-hydrogen) atoms. The molecule has 0 spiro atoms. The lowest BCUT2D eigenvalue weighted by Gasteiger charge is -2.45. The van der Waals surface area contributed by atoms with Crippen LogP contribution in [0, 0.1) is 11.8 Å². The number of benzene rings is 4. The Morgan fingerprint density at radius 1 is 0.767 bits per heavy atom. The molecular weight excluding hydrogens is 587 g/mol. The molecule has 4 aromatic rings. The van der Waals surface area contributed by atoms with Crippen LogP contribution < -0.4 is 4.74 Å². The quantitative estimate of drug-likeness (QED) is 0.194. The average Bonchev–Trinajstić information content (AvgIpc) is 3.29. The van der Waals surface area contributed by atoms with Crippen molar-refractivity contribution in [3.63, 3.8) is 0 Å². The monoisotopic (exact) mass is 610 g/mol. The van der Waals surface area contributed by atoms with Crippen molar-refractivity contribution in [3.05, 3.63) is 134 Å². The molecule has 9 heteroatoms. The predicted octanol–water partition coefficient (Wildman–Crippen LogP) is 6.13. The van der Waals surface area contributed by atoms with Gasteiger partial charge in [0.05, 0.1) is 29.5 Å². The van der Waals surface area contributed by atoms with Crippen LogP contribution in [0.25, 0.3) is 0 Å². The Hall–Kier alpha value is -4.46. The van der Waals surface area contributed by atoms with Crippen molar-refractivity contribution in [2.75, 3.05) is 13.7 Å². The summed E-state index contributed by atoms with van der Waals surface area (Å²) in [7, 11) is 1.51. The van der Waals surface area contributed by atoms with Gasteiger partial charge in [-0.05, 0) is 64.7 Å². The first-order valence-corrected chi connectivity index (χ1v) is 14.5. The zero-order chi connectivity index (χ0) is 30.0. The second kappa shape index (κ2) is 10.4. The van der Waals surface area contributed by atoms with Crippen molar-refractivity contribution in [2.24, 2.45) is 11.8 Å². The second-order valence-electron chi connectivity index (χ2n) is 10.9. The highest BCUT2D eigenvalue weighted by atomic mass is 35.5. The second-order valence-corrected chi connectivity index (χ2v) is 11.7. The number of amides is 3. The lowest BCUT2D eigenvalue weighted by Crippen LogP contribution is -2.52. The van der Waals surface area contributed by atoms with Gasteiger partial charge in [0, 0.05) is 22.4 Å². The van der Waals surface area contributed by atoms with Gasteiger partial charge < -0.3 is 4.74 Å². The van der Waals surface area contributed by atoms with Crippen molar-refractivity contribution in [3.8, 4) is 5.75 Å². The molecule has 8 rings (SSSR count). The summed E-state index contributed by atoms with van der Waals surface area (Å²) < 4.78 is 5.19. The zero-order valence-corrected chi connectivity index (χ0v) is 24.4. The fourth-order valence-corrected chi connectivity index (χ4v) is 7.43. The van der Waals surface area contributed by atoms with E-state index in [0.29, 0.717) is 10.8 Å². The molecule has 7 nitrogen and oxygen atoms in total. The minimum Gasteiger partial charge on any atom is -0.497 e. The van der Waals surface area contributed by atoms with Crippen LogP contribution in [0.1, 0.15) is 54.8 Å². The van der Waals surface area contributed by atoms with Crippen molar-refractivity contribution in [1.82, 2.24) is 10.0 Å². The van der Waals surface area contributed by atoms with E-state index in [1.165, 1.54) is 25.3 Å². The van der Waals surface area contributed by atoms with Gasteiger partial charge in [0.15, 0.2) is 5.78 Å². The maximum absolute atomic E-state index is 14.4. The van der Waals surface area contributed by atoms with E-state index < -0.39 is 41.9 Å². The van der Waals surface area contributed by atoms with Gasteiger partial charge in [0.1, 0.15) is 12.3 Å². The summed E-state index contributed by atoms with van der Waals surface area (Å²) >= 11 is 12.5. The molecule has 1 saturated heterocycles. The third-order valence-corrected chi connectivity index (χ3v) is 9.32. The molecule has 4 aliphatic rings. The number of hydrazine groups is 1. The Kier molecular flexibility index (Phi) is 6.60. The smallest absolute Gasteiger partial charge is 0.274 e. The Morgan fingerprint density at radius 3 is 1.74 bits per heavy atom. The number of nitrogens with zero attached hydrogens (tertiary/aromatic N) is 2. The number of ketones is 1. The Bertz CT molecular complexity index is 1720. The molecule has 0 N–H and O–H groups in total. The Labute approximate surface area is 257 Å². The number of ether oxygens (including phenoxy) is 1. The third kappa shape index (κ3) is 4.18. The molecule has 1 heterocycles. The van der Waals surface area contributed by atoms with Crippen molar-refractivity contribution < 1.29 is 23.9 Å². The van der Waals surface area contributed by atoms with Crippen molar-refractivity contribution in [2.45, 2.75) is 11.8 Å².